The Morgan fingerprint density at radius 2 is 1.67 bits per heavy atom. The molecule has 1 radical (unpaired) electrons. The van der Waals surface area contributed by atoms with Crippen molar-refractivity contribution >= 4 is 5.78 Å². The summed E-state index contributed by atoms with van der Waals surface area (Å²) in [5.74, 6) is 2.02. The number of carbonyl (C=O) groups is 1. The average molecular weight is 209 g/mol. The van der Waals surface area contributed by atoms with Crippen molar-refractivity contribution in [2.75, 3.05) is 0 Å². The minimum Gasteiger partial charge on any atom is -0.300 e. The Bertz CT molecular complexity index is 174. The summed E-state index contributed by atoms with van der Waals surface area (Å²) in [7, 11) is 0. The van der Waals surface area contributed by atoms with Crippen LogP contribution in [-0.2, 0) is 4.79 Å². The summed E-state index contributed by atoms with van der Waals surface area (Å²) in [5, 5.41) is 0. The number of hydrogen-bond acceptors (Lipinski definition) is 1. The van der Waals surface area contributed by atoms with Crippen molar-refractivity contribution in [3.8, 4) is 0 Å². The third-order valence-electron chi connectivity index (χ3n) is 3.32. The highest BCUT2D eigenvalue weighted by Crippen LogP contribution is 2.25. The zero-order chi connectivity index (χ0) is 10.9. The Morgan fingerprint density at radius 3 is 2.40 bits per heavy atom. The van der Waals surface area contributed by atoms with Crippen LogP contribution in [0.2, 0.25) is 0 Å². The normalized spacial score (nSPS) is 21.5. The van der Waals surface area contributed by atoms with Crippen LogP contribution < -0.4 is 0 Å². The largest absolute Gasteiger partial charge is 0.300 e. The van der Waals surface area contributed by atoms with Crippen LogP contribution >= 0.6 is 0 Å². The smallest absolute Gasteiger partial charge is 0.133 e. The molecule has 0 aromatic rings. The molecular formula is C14H25O. The van der Waals surface area contributed by atoms with Gasteiger partial charge in [0, 0.05) is 12.8 Å². The zero-order valence-corrected chi connectivity index (χ0v) is 10.2. The molecule has 1 fully saturated rings. The van der Waals surface area contributed by atoms with E-state index in [4.69, 9.17) is 0 Å². The summed E-state index contributed by atoms with van der Waals surface area (Å²) in [4.78, 5) is 11.7. The van der Waals surface area contributed by atoms with E-state index < -0.39 is 0 Å². The lowest BCUT2D eigenvalue weighted by atomic mass is 9.88. The Kier molecular flexibility index (Phi) is 6.71. The predicted molar refractivity (Wildman–Crippen MR) is 64.7 cm³/mol. The number of hydrogen-bond donors (Lipinski definition) is 0. The number of carbonyl (C=O) groups excluding carboxylic acids is 1. The summed E-state index contributed by atoms with van der Waals surface area (Å²) in [5.41, 5.74) is 0. The molecule has 1 aliphatic rings. The van der Waals surface area contributed by atoms with Crippen molar-refractivity contribution in [3.05, 3.63) is 5.92 Å². The van der Waals surface area contributed by atoms with E-state index in [-0.39, 0.29) is 0 Å². The zero-order valence-electron chi connectivity index (χ0n) is 10.2. The van der Waals surface area contributed by atoms with Gasteiger partial charge in [-0.15, -0.1) is 0 Å². The van der Waals surface area contributed by atoms with Gasteiger partial charge in [-0.2, -0.15) is 0 Å². The molecule has 1 nitrogen and oxygen atoms in total. The van der Waals surface area contributed by atoms with Crippen LogP contribution in [-0.4, -0.2) is 5.78 Å². The number of unbranched alkanes of at least 4 members (excludes halogenated alkanes) is 1. The first-order valence-corrected chi connectivity index (χ1v) is 6.68. The molecule has 0 heterocycles. The summed E-state index contributed by atoms with van der Waals surface area (Å²) in [6.07, 6.45) is 12.9. The molecule has 1 heteroatoms. The van der Waals surface area contributed by atoms with Gasteiger partial charge in [0.05, 0.1) is 0 Å². The highest BCUT2D eigenvalue weighted by Gasteiger charge is 2.14. The predicted octanol–water partition coefficient (Wildman–Crippen LogP) is 4.45. The Hall–Kier alpha value is -0.330. The topological polar surface area (TPSA) is 17.1 Å². The lowest BCUT2D eigenvalue weighted by Crippen LogP contribution is -2.08. The van der Waals surface area contributed by atoms with Gasteiger partial charge >= 0.3 is 0 Å². The fourth-order valence-corrected chi connectivity index (χ4v) is 2.32. The molecular weight excluding hydrogens is 184 g/mol. The van der Waals surface area contributed by atoms with Crippen LogP contribution in [0.1, 0.15) is 77.6 Å². The van der Waals surface area contributed by atoms with E-state index in [1.807, 2.05) is 0 Å². The summed E-state index contributed by atoms with van der Waals surface area (Å²) in [6.45, 7) is 2.22. The fourth-order valence-electron chi connectivity index (χ4n) is 2.32. The molecule has 0 unspecified atom stereocenters. The molecule has 15 heavy (non-hydrogen) atoms. The standard InChI is InChI=1S/C14H25O/c1-2-3-9-13-10-7-5-4-6-8-11-14(15)12-13/h2-12H2,1H3. The molecule has 1 aliphatic carbocycles. The number of ketones is 1. The van der Waals surface area contributed by atoms with Crippen molar-refractivity contribution in [2.24, 2.45) is 0 Å². The molecule has 1 rings (SSSR count). The van der Waals surface area contributed by atoms with Crippen LogP contribution in [0, 0.1) is 5.92 Å². The maximum atomic E-state index is 11.7. The van der Waals surface area contributed by atoms with Gasteiger partial charge in [0.1, 0.15) is 5.78 Å². The summed E-state index contributed by atoms with van der Waals surface area (Å²) in [6, 6.07) is 0. The molecule has 0 aromatic heterocycles. The molecule has 0 atom stereocenters. The lowest BCUT2D eigenvalue weighted by Gasteiger charge is -2.16. The third-order valence-corrected chi connectivity index (χ3v) is 3.32. The third kappa shape index (κ3) is 5.96. The first-order chi connectivity index (χ1) is 7.33. The maximum Gasteiger partial charge on any atom is 0.133 e. The van der Waals surface area contributed by atoms with E-state index in [1.165, 1.54) is 57.3 Å². The average Bonchev–Trinajstić information content (AvgIpc) is 2.24. The van der Waals surface area contributed by atoms with Crippen LogP contribution in [0.15, 0.2) is 0 Å². The van der Waals surface area contributed by atoms with Gasteiger partial charge in [-0.25, -0.2) is 0 Å². The van der Waals surface area contributed by atoms with E-state index in [9.17, 15) is 4.79 Å². The van der Waals surface area contributed by atoms with Crippen LogP contribution in [0.25, 0.3) is 0 Å². The fraction of sp³-hybridized carbons (Fsp3) is 0.857. The first-order valence-electron chi connectivity index (χ1n) is 6.68. The second-order valence-electron chi connectivity index (χ2n) is 4.84. The molecule has 0 bridgehead atoms. The first kappa shape index (κ1) is 12.7. The Labute approximate surface area is 94.6 Å². The van der Waals surface area contributed by atoms with Gasteiger partial charge in [0.2, 0.25) is 0 Å². The Balaban J connectivity index is 2.32. The number of rotatable bonds is 3. The van der Waals surface area contributed by atoms with Crippen LogP contribution in [0.3, 0.4) is 0 Å². The number of Topliss-reactive ketones (excluding diaryl/α,β-unsaturated/α-hetero) is 1. The molecule has 0 aromatic carbocycles. The molecule has 1 saturated carbocycles. The van der Waals surface area contributed by atoms with Gasteiger partial charge in [0.25, 0.3) is 0 Å². The second kappa shape index (κ2) is 7.90. The van der Waals surface area contributed by atoms with Gasteiger partial charge < -0.3 is 0 Å². The minimum absolute atomic E-state index is 0.489. The minimum atomic E-state index is 0.489. The van der Waals surface area contributed by atoms with Crippen LogP contribution in [0.4, 0.5) is 0 Å². The maximum absolute atomic E-state index is 11.7. The van der Waals surface area contributed by atoms with Crippen LogP contribution in [0.5, 0.6) is 0 Å². The van der Waals surface area contributed by atoms with E-state index in [2.05, 4.69) is 6.92 Å². The summed E-state index contributed by atoms with van der Waals surface area (Å²) >= 11 is 0. The van der Waals surface area contributed by atoms with Gasteiger partial charge in [-0.3, -0.25) is 4.79 Å². The monoisotopic (exact) mass is 209 g/mol. The van der Waals surface area contributed by atoms with Crippen molar-refractivity contribution in [1.82, 2.24) is 0 Å². The highest BCUT2D eigenvalue weighted by atomic mass is 16.1. The van der Waals surface area contributed by atoms with Gasteiger partial charge in [0.15, 0.2) is 0 Å². The van der Waals surface area contributed by atoms with Crippen molar-refractivity contribution < 1.29 is 4.79 Å². The molecule has 0 N–H and O–H groups in total. The quantitative estimate of drug-likeness (QED) is 0.671. The van der Waals surface area contributed by atoms with Gasteiger partial charge in [-0.1, -0.05) is 45.4 Å². The van der Waals surface area contributed by atoms with Gasteiger partial charge in [-0.05, 0) is 25.2 Å². The Morgan fingerprint density at radius 1 is 1.00 bits per heavy atom. The lowest BCUT2D eigenvalue weighted by molar-refractivity contribution is -0.119. The van der Waals surface area contributed by atoms with E-state index in [1.54, 1.807) is 0 Å². The van der Waals surface area contributed by atoms with Crippen molar-refractivity contribution in [2.45, 2.75) is 77.6 Å². The van der Waals surface area contributed by atoms with E-state index in [0.29, 0.717) is 5.78 Å². The molecule has 87 valence electrons. The SMILES string of the molecule is CCCC[C]1CCCCCCCC(=O)C1. The molecule has 0 amide bonds. The van der Waals surface area contributed by atoms with Crippen molar-refractivity contribution in [3.63, 3.8) is 0 Å². The molecule has 0 aliphatic heterocycles. The highest BCUT2D eigenvalue weighted by molar-refractivity contribution is 5.80. The van der Waals surface area contributed by atoms with E-state index >= 15 is 0 Å². The van der Waals surface area contributed by atoms with Crippen molar-refractivity contribution in [1.29, 1.82) is 0 Å². The second-order valence-corrected chi connectivity index (χ2v) is 4.84. The molecule has 0 spiro atoms. The summed E-state index contributed by atoms with van der Waals surface area (Å²) < 4.78 is 0. The van der Waals surface area contributed by atoms with E-state index in [0.717, 1.165) is 19.3 Å². The molecule has 0 saturated heterocycles.